The lowest BCUT2D eigenvalue weighted by Crippen LogP contribution is -2.50. The van der Waals surface area contributed by atoms with Crippen LogP contribution < -0.4 is 5.32 Å². The SMILES string of the molecule is CCNC1CCC(N2CC(C)CC(C)C2C)C1. The van der Waals surface area contributed by atoms with Crippen molar-refractivity contribution in [1.82, 2.24) is 10.2 Å². The van der Waals surface area contributed by atoms with Crippen LogP contribution >= 0.6 is 0 Å². The first-order chi connectivity index (χ1) is 8.11. The van der Waals surface area contributed by atoms with Crippen LogP contribution in [-0.2, 0) is 0 Å². The van der Waals surface area contributed by atoms with Gasteiger partial charge in [0, 0.05) is 24.7 Å². The van der Waals surface area contributed by atoms with Crippen molar-refractivity contribution in [2.45, 2.75) is 71.5 Å². The molecule has 2 aliphatic rings. The quantitative estimate of drug-likeness (QED) is 0.813. The Hall–Kier alpha value is -0.0800. The Morgan fingerprint density at radius 3 is 2.59 bits per heavy atom. The molecule has 2 rings (SSSR count). The van der Waals surface area contributed by atoms with Crippen molar-refractivity contribution in [3.05, 3.63) is 0 Å². The van der Waals surface area contributed by atoms with E-state index in [2.05, 4.69) is 37.9 Å². The van der Waals surface area contributed by atoms with Crippen molar-refractivity contribution in [2.24, 2.45) is 11.8 Å². The van der Waals surface area contributed by atoms with Gasteiger partial charge in [0.05, 0.1) is 0 Å². The summed E-state index contributed by atoms with van der Waals surface area (Å²) in [6.07, 6.45) is 5.57. The van der Waals surface area contributed by atoms with Crippen LogP contribution in [0.4, 0.5) is 0 Å². The van der Waals surface area contributed by atoms with Crippen molar-refractivity contribution in [1.29, 1.82) is 0 Å². The number of hydrogen-bond acceptors (Lipinski definition) is 2. The Bertz CT molecular complexity index is 241. The zero-order valence-electron chi connectivity index (χ0n) is 12.1. The second kappa shape index (κ2) is 5.71. The molecule has 2 nitrogen and oxygen atoms in total. The molecule has 0 amide bonds. The normalized spacial score (nSPS) is 44.1. The Morgan fingerprint density at radius 1 is 1.12 bits per heavy atom. The molecule has 1 heterocycles. The smallest absolute Gasteiger partial charge is 0.0114 e. The molecule has 1 aliphatic heterocycles. The highest BCUT2D eigenvalue weighted by Gasteiger charge is 2.36. The van der Waals surface area contributed by atoms with Gasteiger partial charge in [-0.3, -0.25) is 4.90 Å². The molecule has 0 aromatic heterocycles. The summed E-state index contributed by atoms with van der Waals surface area (Å²) < 4.78 is 0. The highest BCUT2D eigenvalue weighted by molar-refractivity contribution is 4.92. The highest BCUT2D eigenvalue weighted by Crippen LogP contribution is 2.33. The van der Waals surface area contributed by atoms with E-state index in [1.807, 2.05) is 0 Å². The average Bonchev–Trinajstić information content (AvgIpc) is 2.72. The first-order valence-corrected chi connectivity index (χ1v) is 7.61. The van der Waals surface area contributed by atoms with Crippen LogP contribution in [0.5, 0.6) is 0 Å². The average molecular weight is 238 g/mol. The number of rotatable bonds is 3. The molecular weight excluding hydrogens is 208 g/mol. The second-order valence-electron chi connectivity index (χ2n) is 6.48. The van der Waals surface area contributed by atoms with Gasteiger partial charge in [0.15, 0.2) is 0 Å². The molecule has 2 fully saturated rings. The van der Waals surface area contributed by atoms with Gasteiger partial charge in [-0.1, -0.05) is 20.8 Å². The summed E-state index contributed by atoms with van der Waals surface area (Å²) in [6.45, 7) is 12.0. The van der Waals surface area contributed by atoms with Crippen LogP contribution in [-0.4, -0.2) is 36.1 Å². The van der Waals surface area contributed by atoms with E-state index in [0.29, 0.717) is 0 Å². The molecule has 1 saturated heterocycles. The van der Waals surface area contributed by atoms with Gasteiger partial charge < -0.3 is 5.32 Å². The molecule has 0 bridgehead atoms. The van der Waals surface area contributed by atoms with Gasteiger partial charge in [-0.05, 0) is 51.0 Å². The molecular formula is C15H30N2. The van der Waals surface area contributed by atoms with E-state index in [1.54, 1.807) is 0 Å². The zero-order chi connectivity index (χ0) is 12.4. The highest BCUT2D eigenvalue weighted by atomic mass is 15.2. The lowest BCUT2D eigenvalue weighted by molar-refractivity contribution is 0.0416. The second-order valence-corrected chi connectivity index (χ2v) is 6.48. The summed E-state index contributed by atoms with van der Waals surface area (Å²) in [4.78, 5) is 2.82. The van der Waals surface area contributed by atoms with E-state index in [9.17, 15) is 0 Å². The predicted molar refractivity (Wildman–Crippen MR) is 74.2 cm³/mol. The summed E-state index contributed by atoms with van der Waals surface area (Å²) in [5, 5.41) is 3.62. The summed E-state index contributed by atoms with van der Waals surface area (Å²) >= 11 is 0. The number of nitrogens with one attached hydrogen (secondary N) is 1. The van der Waals surface area contributed by atoms with Crippen LogP contribution in [0, 0.1) is 11.8 Å². The van der Waals surface area contributed by atoms with E-state index in [4.69, 9.17) is 0 Å². The number of nitrogens with zero attached hydrogens (tertiary/aromatic N) is 1. The molecule has 1 saturated carbocycles. The Labute approximate surface area is 107 Å². The first kappa shape index (κ1) is 13.4. The predicted octanol–water partition coefficient (Wildman–Crippen LogP) is 2.88. The van der Waals surface area contributed by atoms with Gasteiger partial charge >= 0.3 is 0 Å². The van der Waals surface area contributed by atoms with Gasteiger partial charge in [0.1, 0.15) is 0 Å². The van der Waals surface area contributed by atoms with Crippen molar-refractivity contribution < 1.29 is 0 Å². The summed E-state index contributed by atoms with van der Waals surface area (Å²) in [5.41, 5.74) is 0. The van der Waals surface area contributed by atoms with Gasteiger partial charge in [0.2, 0.25) is 0 Å². The molecule has 0 aromatic rings. The fourth-order valence-electron chi connectivity index (χ4n) is 3.97. The topological polar surface area (TPSA) is 15.3 Å². The minimum Gasteiger partial charge on any atom is -0.314 e. The first-order valence-electron chi connectivity index (χ1n) is 7.61. The molecule has 0 spiro atoms. The third-order valence-electron chi connectivity index (χ3n) is 5.01. The minimum absolute atomic E-state index is 0.782. The number of piperidine rings is 1. The third-order valence-corrected chi connectivity index (χ3v) is 5.01. The fraction of sp³-hybridized carbons (Fsp3) is 1.00. The molecule has 2 heteroatoms. The summed E-state index contributed by atoms with van der Waals surface area (Å²) in [5.74, 6) is 1.76. The Kier molecular flexibility index (Phi) is 4.48. The molecule has 5 unspecified atom stereocenters. The summed E-state index contributed by atoms with van der Waals surface area (Å²) in [6, 6.07) is 2.42. The van der Waals surface area contributed by atoms with Crippen molar-refractivity contribution in [2.75, 3.05) is 13.1 Å². The molecule has 1 N–H and O–H groups in total. The van der Waals surface area contributed by atoms with Crippen molar-refractivity contribution in [3.63, 3.8) is 0 Å². The maximum atomic E-state index is 3.62. The van der Waals surface area contributed by atoms with Crippen LogP contribution in [0.3, 0.4) is 0 Å². The van der Waals surface area contributed by atoms with Gasteiger partial charge in [-0.15, -0.1) is 0 Å². The molecule has 0 aromatic carbocycles. The van der Waals surface area contributed by atoms with Crippen molar-refractivity contribution >= 4 is 0 Å². The summed E-state index contributed by atoms with van der Waals surface area (Å²) in [7, 11) is 0. The van der Waals surface area contributed by atoms with E-state index < -0.39 is 0 Å². The minimum atomic E-state index is 0.782. The maximum Gasteiger partial charge on any atom is 0.0114 e. The van der Waals surface area contributed by atoms with E-state index >= 15 is 0 Å². The van der Waals surface area contributed by atoms with Crippen LogP contribution in [0.15, 0.2) is 0 Å². The molecule has 17 heavy (non-hydrogen) atoms. The molecule has 0 radical (unpaired) electrons. The number of hydrogen-bond donors (Lipinski definition) is 1. The fourth-order valence-corrected chi connectivity index (χ4v) is 3.97. The van der Waals surface area contributed by atoms with Crippen molar-refractivity contribution in [3.8, 4) is 0 Å². The lowest BCUT2D eigenvalue weighted by atomic mass is 9.85. The Balaban J connectivity index is 1.92. The monoisotopic (exact) mass is 238 g/mol. The Morgan fingerprint density at radius 2 is 1.88 bits per heavy atom. The van der Waals surface area contributed by atoms with Gasteiger partial charge in [-0.2, -0.15) is 0 Å². The lowest BCUT2D eigenvalue weighted by Gasteiger charge is -2.44. The molecule has 5 atom stereocenters. The molecule has 100 valence electrons. The van der Waals surface area contributed by atoms with Crippen LogP contribution in [0.2, 0.25) is 0 Å². The van der Waals surface area contributed by atoms with Crippen LogP contribution in [0.1, 0.15) is 53.4 Å². The van der Waals surface area contributed by atoms with Gasteiger partial charge in [-0.25, -0.2) is 0 Å². The maximum absolute atomic E-state index is 3.62. The standard InChI is InChI=1S/C15H30N2/c1-5-16-14-6-7-15(9-14)17-10-11(2)8-12(3)13(17)4/h11-16H,5-10H2,1-4H3. The third kappa shape index (κ3) is 3.03. The number of likely N-dealkylation sites (tertiary alicyclic amines) is 1. The van der Waals surface area contributed by atoms with Crippen LogP contribution in [0.25, 0.3) is 0 Å². The van der Waals surface area contributed by atoms with Gasteiger partial charge in [0.25, 0.3) is 0 Å². The molecule has 1 aliphatic carbocycles. The van der Waals surface area contributed by atoms with E-state index in [1.165, 1.54) is 32.2 Å². The van der Waals surface area contributed by atoms with E-state index in [0.717, 1.165) is 36.5 Å². The van der Waals surface area contributed by atoms with E-state index in [-0.39, 0.29) is 0 Å². The zero-order valence-corrected chi connectivity index (χ0v) is 12.1. The largest absolute Gasteiger partial charge is 0.314 e.